The third-order valence-electron chi connectivity index (χ3n) is 3.09. The minimum absolute atomic E-state index is 0.146. The number of hydrogen-bond acceptors (Lipinski definition) is 4. The van der Waals surface area contributed by atoms with Crippen LogP contribution in [0.25, 0.3) is 0 Å². The summed E-state index contributed by atoms with van der Waals surface area (Å²) in [5.74, 6) is -2.95. The molecule has 0 spiro atoms. The van der Waals surface area contributed by atoms with E-state index in [4.69, 9.17) is 9.84 Å². The van der Waals surface area contributed by atoms with Gasteiger partial charge in [0.25, 0.3) is 5.91 Å². The molecule has 1 saturated heterocycles. The first-order valence-electron chi connectivity index (χ1n) is 5.95. The fourth-order valence-corrected chi connectivity index (χ4v) is 2.11. The predicted molar refractivity (Wildman–Crippen MR) is 66.0 cm³/mol. The Kier molecular flexibility index (Phi) is 3.63. The lowest BCUT2D eigenvalue weighted by Gasteiger charge is -2.47. The van der Waals surface area contributed by atoms with E-state index >= 15 is 0 Å². The van der Waals surface area contributed by atoms with Crippen molar-refractivity contribution in [3.05, 3.63) is 29.6 Å². The van der Waals surface area contributed by atoms with Crippen LogP contribution in [0.2, 0.25) is 0 Å². The molecule has 1 aliphatic rings. The van der Waals surface area contributed by atoms with Crippen LogP contribution in [-0.4, -0.2) is 52.3 Å². The number of phenolic OH excluding ortho intramolecular Hbond substituents is 1. The van der Waals surface area contributed by atoms with Crippen LogP contribution in [0.15, 0.2) is 18.2 Å². The molecule has 7 heteroatoms. The molecular weight excluding hydrogens is 269 g/mol. The molecule has 0 atom stereocenters. The smallest absolute Gasteiger partial charge is 0.329 e. The summed E-state index contributed by atoms with van der Waals surface area (Å²) < 4.78 is 18.7. The van der Waals surface area contributed by atoms with Gasteiger partial charge in [-0.25, -0.2) is 9.18 Å². The summed E-state index contributed by atoms with van der Waals surface area (Å²) in [5.41, 5.74) is -1.14. The Hall–Kier alpha value is -2.15. The topological polar surface area (TPSA) is 87.1 Å². The summed E-state index contributed by atoms with van der Waals surface area (Å²) in [6.45, 7) is 1.50. The van der Waals surface area contributed by atoms with E-state index in [9.17, 15) is 19.1 Å². The Bertz CT molecular complexity index is 533. The van der Waals surface area contributed by atoms with Gasteiger partial charge in [0, 0.05) is 0 Å². The van der Waals surface area contributed by atoms with E-state index in [1.807, 2.05) is 0 Å². The fourth-order valence-electron chi connectivity index (χ4n) is 2.11. The van der Waals surface area contributed by atoms with E-state index < -0.39 is 35.7 Å². The summed E-state index contributed by atoms with van der Waals surface area (Å²) >= 11 is 0. The largest absolute Gasteiger partial charge is 0.507 e. The number of carboxylic acid groups (broad SMARTS) is 1. The maximum Gasteiger partial charge on any atom is 0.329 e. The number of likely N-dealkylation sites (tertiary alicyclic amines) is 1. The van der Waals surface area contributed by atoms with Gasteiger partial charge in [-0.1, -0.05) is 6.07 Å². The standard InChI is InChI=1S/C13H14FNO5/c1-13(20-5-10(17)18)6-15(7-13)12(19)11-8(14)3-2-4-9(11)16/h2-4,16H,5-7H2,1H3,(H,17,18). The summed E-state index contributed by atoms with van der Waals surface area (Å²) in [6, 6.07) is 3.63. The molecule has 1 aromatic rings. The highest BCUT2D eigenvalue weighted by Crippen LogP contribution is 2.29. The molecule has 1 fully saturated rings. The van der Waals surface area contributed by atoms with Gasteiger partial charge in [-0.3, -0.25) is 4.79 Å². The quantitative estimate of drug-likeness (QED) is 0.855. The number of carbonyl (C=O) groups excluding carboxylic acids is 1. The van der Waals surface area contributed by atoms with Crippen LogP contribution in [-0.2, 0) is 9.53 Å². The van der Waals surface area contributed by atoms with Crippen LogP contribution in [0.5, 0.6) is 5.75 Å². The molecule has 1 aromatic carbocycles. The zero-order valence-electron chi connectivity index (χ0n) is 10.8. The highest BCUT2D eigenvalue weighted by atomic mass is 19.1. The molecule has 0 saturated carbocycles. The molecule has 0 unspecified atom stereocenters. The van der Waals surface area contributed by atoms with Crippen molar-refractivity contribution < 1.29 is 28.9 Å². The first-order chi connectivity index (χ1) is 9.32. The highest BCUT2D eigenvalue weighted by molar-refractivity contribution is 5.97. The molecule has 108 valence electrons. The van der Waals surface area contributed by atoms with Crippen LogP contribution in [0.3, 0.4) is 0 Å². The van der Waals surface area contributed by atoms with Crippen molar-refractivity contribution in [3.63, 3.8) is 0 Å². The van der Waals surface area contributed by atoms with E-state index in [1.54, 1.807) is 6.92 Å². The zero-order chi connectivity index (χ0) is 14.9. The fraction of sp³-hybridized carbons (Fsp3) is 0.385. The van der Waals surface area contributed by atoms with E-state index in [-0.39, 0.29) is 18.7 Å². The van der Waals surface area contributed by atoms with Crippen LogP contribution in [0, 0.1) is 5.82 Å². The summed E-state index contributed by atoms with van der Waals surface area (Å²) in [7, 11) is 0. The van der Waals surface area contributed by atoms with Gasteiger partial charge in [0.05, 0.1) is 13.1 Å². The highest BCUT2D eigenvalue weighted by Gasteiger charge is 2.43. The number of aromatic hydroxyl groups is 1. The first-order valence-corrected chi connectivity index (χ1v) is 5.95. The number of carbonyl (C=O) groups is 2. The minimum atomic E-state index is -1.09. The molecule has 0 aromatic heterocycles. The van der Waals surface area contributed by atoms with Gasteiger partial charge in [-0.15, -0.1) is 0 Å². The molecule has 0 radical (unpaired) electrons. The van der Waals surface area contributed by atoms with Crippen molar-refractivity contribution in [2.45, 2.75) is 12.5 Å². The van der Waals surface area contributed by atoms with Crippen molar-refractivity contribution in [1.29, 1.82) is 0 Å². The monoisotopic (exact) mass is 283 g/mol. The Balaban J connectivity index is 2.02. The van der Waals surface area contributed by atoms with Crippen LogP contribution in [0.1, 0.15) is 17.3 Å². The van der Waals surface area contributed by atoms with Crippen molar-refractivity contribution in [3.8, 4) is 5.75 Å². The van der Waals surface area contributed by atoms with Gasteiger partial charge in [0.1, 0.15) is 29.3 Å². The van der Waals surface area contributed by atoms with E-state index in [2.05, 4.69) is 0 Å². The molecule has 6 nitrogen and oxygen atoms in total. The third kappa shape index (κ3) is 2.72. The summed E-state index contributed by atoms with van der Waals surface area (Å²) in [4.78, 5) is 23.8. The number of nitrogens with zero attached hydrogens (tertiary/aromatic N) is 1. The maximum atomic E-state index is 13.6. The second kappa shape index (κ2) is 5.09. The number of carboxylic acids is 1. The number of hydrogen-bond donors (Lipinski definition) is 2. The van der Waals surface area contributed by atoms with Crippen LogP contribution in [0.4, 0.5) is 4.39 Å². The van der Waals surface area contributed by atoms with Crippen molar-refractivity contribution in [2.75, 3.05) is 19.7 Å². The Labute approximate surface area is 114 Å². The molecule has 2 rings (SSSR count). The normalized spacial score (nSPS) is 16.6. The van der Waals surface area contributed by atoms with Crippen LogP contribution < -0.4 is 0 Å². The second-order valence-corrected chi connectivity index (χ2v) is 4.93. The van der Waals surface area contributed by atoms with Gasteiger partial charge in [-0.05, 0) is 19.1 Å². The number of phenols is 1. The molecule has 1 heterocycles. The summed E-state index contributed by atoms with van der Waals surface area (Å²) in [6.07, 6.45) is 0. The van der Waals surface area contributed by atoms with Crippen molar-refractivity contribution in [2.24, 2.45) is 0 Å². The molecule has 0 aliphatic carbocycles. The number of ether oxygens (including phenoxy) is 1. The molecule has 1 amide bonds. The van der Waals surface area contributed by atoms with E-state index in [0.717, 1.165) is 6.07 Å². The molecule has 1 aliphatic heterocycles. The average molecular weight is 283 g/mol. The van der Waals surface area contributed by atoms with Gasteiger partial charge in [-0.2, -0.15) is 0 Å². The minimum Gasteiger partial charge on any atom is -0.507 e. The second-order valence-electron chi connectivity index (χ2n) is 4.93. The van der Waals surface area contributed by atoms with E-state index in [1.165, 1.54) is 17.0 Å². The van der Waals surface area contributed by atoms with Gasteiger partial charge < -0.3 is 19.8 Å². The molecule has 2 N–H and O–H groups in total. The van der Waals surface area contributed by atoms with Gasteiger partial charge >= 0.3 is 5.97 Å². The number of halogens is 1. The van der Waals surface area contributed by atoms with Crippen molar-refractivity contribution >= 4 is 11.9 Å². The van der Waals surface area contributed by atoms with Crippen molar-refractivity contribution in [1.82, 2.24) is 4.90 Å². The predicted octanol–water partition coefficient (Wildman–Crippen LogP) is 0.847. The van der Waals surface area contributed by atoms with Crippen LogP contribution >= 0.6 is 0 Å². The Morgan fingerprint density at radius 3 is 2.65 bits per heavy atom. The maximum absolute atomic E-state index is 13.6. The summed E-state index contributed by atoms with van der Waals surface area (Å²) in [5, 5.41) is 18.1. The third-order valence-corrected chi connectivity index (χ3v) is 3.09. The average Bonchev–Trinajstić information content (AvgIpc) is 2.32. The van der Waals surface area contributed by atoms with E-state index in [0.29, 0.717) is 0 Å². The Morgan fingerprint density at radius 1 is 1.45 bits per heavy atom. The number of aliphatic carboxylic acids is 1. The molecular formula is C13H14FNO5. The lowest BCUT2D eigenvalue weighted by atomic mass is 9.95. The molecule has 0 bridgehead atoms. The number of rotatable bonds is 4. The first kappa shape index (κ1) is 14.3. The number of amides is 1. The Morgan fingerprint density at radius 2 is 2.10 bits per heavy atom. The lowest BCUT2D eigenvalue weighted by molar-refractivity contribution is -0.159. The van der Waals surface area contributed by atoms with Gasteiger partial charge in [0.2, 0.25) is 0 Å². The van der Waals surface area contributed by atoms with Gasteiger partial charge in [0.15, 0.2) is 0 Å². The zero-order valence-corrected chi connectivity index (χ0v) is 10.8. The SMILES string of the molecule is CC1(OCC(=O)O)CN(C(=O)c2c(O)cccc2F)C1. The number of benzene rings is 1. The lowest BCUT2D eigenvalue weighted by Crippen LogP contribution is -2.63. The molecule has 20 heavy (non-hydrogen) atoms.